The average molecular weight is 391 g/mol. The monoisotopic (exact) mass is 391 g/mol. The van der Waals surface area contributed by atoms with Crippen molar-refractivity contribution in [3.8, 4) is 5.75 Å². The second-order valence-electron chi connectivity index (χ2n) is 6.01. The summed E-state index contributed by atoms with van der Waals surface area (Å²) < 4.78 is 49.2. The summed E-state index contributed by atoms with van der Waals surface area (Å²) in [7, 11) is 0. The minimum Gasteiger partial charge on any atom is -0.484 e. The number of carbonyl (C=O) groups excluding carboxylic acids is 1. The molecule has 0 saturated heterocycles. The molecular formula is C20H16F3NO4. The SMILES string of the molecule is O=C(COc1ccc2c(C(F)(F)F)cc(=O)oc2c1)NCCc1ccccc1. The van der Waals surface area contributed by atoms with E-state index in [0.29, 0.717) is 19.0 Å². The highest BCUT2D eigenvalue weighted by atomic mass is 19.4. The van der Waals surface area contributed by atoms with Crippen LogP contribution in [0.15, 0.2) is 63.8 Å². The Hall–Kier alpha value is -3.29. The first-order valence-electron chi connectivity index (χ1n) is 8.41. The highest BCUT2D eigenvalue weighted by molar-refractivity contribution is 5.82. The number of fused-ring (bicyclic) bond motifs is 1. The van der Waals surface area contributed by atoms with E-state index >= 15 is 0 Å². The van der Waals surface area contributed by atoms with Crippen molar-refractivity contribution in [3.05, 3.63) is 76.1 Å². The molecule has 0 radical (unpaired) electrons. The zero-order valence-electron chi connectivity index (χ0n) is 14.6. The van der Waals surface area contributed by atoms with Crippen LogP contribution in [-0.4, -0.2) is 19.1 Å². The summed E-state index contributed by atoms with van der Waals surface area (Å²) in [5, 5.41) is 2.43. The number of alkyl halides is 3. The number of hydrogen-bond acceptors (Lipinski definition) is 4. The molecule has 0 spiro atoms. The highest BCUT2D eigenvalue weighted by Crippen LogP contribution is 2.34. The van der Waals surface area contributed by atoms with Crippen LogP contribution in [0.5, 0.6) is 5.75 Å². The third-order valence-corrected chi connectivity index (χ3v) is 3.97. The number of nitrogens with one attached hydrogen (secondary N) is 1. The molecule has 3 rings (SSSR count). The van der Waals surface area contributed by atoms with Gasteiger partial charge in [-0.15, -0.1) is 0 Å². The lowest BCUT2D eigenvalue weighted by molar-refractivity contribution is -0.136. The molecule has 146 valence electrons. The Morgan fingerprint density at radius 1 is 1.07 bits per heavy atom. The maximum absolute atomic E-state index is 13.0. The van der Waals surface area contributed by atoms with E-state index in [-0.39, 0.29) is 29.2 Å². The number of carbonyl (C=O) groups is 1. The summed E-state index contributed by atoms with van der Waals surface area (Å²) >= 11 is 0. The molecule has 0 aliphatic carbocycles. The molecule has 0 atom stereocenters. The van der Waals surface area contributed by atoms with Crippen molar-refractivity contribution in [1.82, 2.24) is 5.32 Å². The molecule has 0 saturated carbocycles. The molecule has 1 heterocycles. The van der Waals surface area contributed by atoms with Crippen LogP contribution in [0, 0.1) is 0 Å². The van der Waals surface area contributed by atoms with Crippen molar-refractivity contribution in [1.29, 1.82) is 0 Å². The Morgan fingerprint density at radius 3 is 2.54 bits per heavy atom. The smallest absolute Gasteiger partial charge is 0.417 e. The van der Waals surface area contributed by atoms with Gasteiger partial charge >= 0.3 is 11.8 Å². The molecule has 2 aromatic carbocycles. The molecular weight excluding hydrogens is 375 g/mol. The van der Waals surface area contributed by atoms with E-state index in [9.17, 15) is 22.8 Å². The van der Waals surface area contributed by atoms with E-state index in [1.807, 2.05) is 30.3 Å². The third kappa shape index (κ3) is 4.91. The highest BCUT2D eigenvalue weighted by Gasteiger charge is 2.33. The van der Waals surface area contributed by atoms with Crippen molar-refractivity contribution in [2.24, 2.45) is 0 Å². The van der Waals surface area contributed by atoms with Gasteiger partial charge in [-0.2, -0.15) is 13.2 Å². The van der Waals surface area contributed by atoms with Crippen LogP contribution in [0.2, 0.25) is 0 Å². The van der Waals surface area contributed by atoms with Crippen molar-refractivity contribution in [3.63, 3.8) is 0 Å². The Balaban J connectivity index is 1.61. The number of benzene rings is 2. The van der Waals surface area contributed by atoms with Crippen LogP contribution in [-0.2, 0) is 17.4 Å². The van der Waals surface area contributed by atoms with Crippen molar-refractivity contribution in [2.45, 2.75) is 12.6 Å². The van der Waals surface area contributed by atoms with Gasteiger partial charge < -0.3 is 14.5 Å². The molecule has 0 aliphatic heterocycles. The zero-order chi connectivity index (χ0) is 20.1. The molecule has 3 aromatic rings. The Kier molecular flexibility index (Phi) is 5.67. The first kappa shape index (κ1) is 19.5. The molecule has 0 bridgehead atoms. The lowest BCUT2D eigenvalue weighted by Gasteiger charge is -2.11. The fourth-order valence-electron chi connectivity index (χ4n) is 2.66. The van der Waals surface area contributed by atoms with Crippen LogP contribution >= 0.6 is 0 Å². The minimum atomic E-state index is -4.69. The van der Waals surface area contributed by atoms with Crippen molar-refractivity contribution in [2.75, 3.05) is 13.2 Å². The number of halogens is 3. The van der Waals surface area contributed by atoms with Gasteiger partial charge in [0.1, 0.15) is 11.3 Å². The topological polar surface area (TPSA) is 68.5 Å². The summed E-state index contributed by atoms with van der Waals surface area (Å²) in [4.78, 5) is 23.2. The van der Waals surface area contributed by atoms with E-state index < -0.39 is 17.4 Å². The third-order valence-electron chi connectivity index (χ3n) is 3.97. The van der Waals surface area contributed by atoms with E-state index in [2.05, 4.69) is 5.32 Å². The van der Waals surface area contributed by atoms with Gasteiger partial charge in [0, 0.05) is 24.1 Å². The summed E-state index contributed by atoms with van der Waals surface area (Å²) in [5.41, 5.74) is -1.38. The molecule has 1 N–H and O–H groups in total. The Morgan fingerprint density at radius 2 is 1.82 bits per heavy atom. The second-order valence-corrected chi connectivity index (χ2v) is 6.01. The fourth-order valence-corrected chi connectivity index (χ4v) is 2.66. The molecule has 0 fully saturated rings. The van der Waals surface area contributed by atoms with Crippen LogP contribution in [0.3, 0.4) is 0 Å². The fraction of sp³-hybridized carbons (Fsp3) is 0.200. The van der Waals surface area contributed by atoms with Gasteiger partial charge in [0.25, 0.3) is 5.91 Å². The lowest BCUT2D eigenvalue weighted by atomic mass is 10.1. The molecule has 0 aliphatic rings. The molecule has 1 aromatic heterocycles. The van der Waals surface area contributed by atoms with Crippen LogP contribution in [0.25, 0.3) is 11.0 Å². The summed E-state index contributed by atoms with van der Waals surface area (Å²) in [5.74, 6) is -0.255. The Labute approximate surface area is 157 Å². The number of ether oxygens (including phenoxy) is 1. The first-order valence-corrected chi connectivity index (χ1v) is 8.41. The van der Waals surface area contributed by atoms with Gasteiger partial charge in [0.15, 0.2) is 6.61 Å². The normalized spacial score (nSPS) is 11.4. The maximum atomic E-state index is 13.0. The average Bonchev–Trinajstić information content (AvgIpc) is 2.65. The van der Waals surface area contributed by atoms with Crippen molar-refractivity contribution >= 4 is 16.9 Å². The van der Waals surface area contributed by atoms with Gasteiger partial charge in [-0.25, -0.2) is 4.79 Å². The van der Waals surface area contributed by atoms with Gasteiger partial charge in [-0.05, 0) is 24.1 Å². The molecule has 5 nitrogen and oxygen atoms in total. The van der Waals surface area contributed by atoms with E-state index in [0.717, 1.165) is 17.7 Å². The van der Waals surface area contributed by atoms with Crippen LogP contribution < -0.4 is 15.7 Å². The quantitative estimate of drug-likeness (QED) is 0.653. The number of amides is 1. The second kappa shape index (κ2) is 8.16. The first-order chi connectivity index (χ1) is 13.3. The maximum Gasteiger partial charge on any atom is 0.417 e. The minimum absolute atomic E-state index is 0.119. The molecule has 28 heavy (non-hydrogen) atoms. The van der Waals surface area contributed by atoms with Gasteiger partial charge in [0.05, 0.1) is 5.56 Å². The number of hydrogen-bond donors (Lipinski definition) is 1. The molecule has 8 heteroatoms. The number of rotatable bonds is 6. The van der Waals surface area contributed by atoms with Gasteiger partial charge in [0.2, 0.25) is 0 Å². The zero-order valence-corrected chi connectivity index (χ0v) is 14.6. The molecule has 0 unspecified atom stereocenters. The largest absolute Gasteiger partial charge is 0.484 e. The van der Waals surface area contributed by atoms with E-state index in [4.69, 9.17) is 9.15 Å². The standard InChI is InChI=1S/C20H16F3NO4/c21-20(22,23)16-11-19(26)28-17-10-14(6-7-15(16)17)27-12-18(25)24-9-8-13-4-2-1-3-5-13/h1-7,10-11H,8-9,12H2,(H,24,25). The summed E-state index contributed by atoms with van der Waals surface area (Å²) in [6.45, 7) is 0.108. The van der Waals surface area contributed by atoms with Crippen LogP contribution in [0.1, 0.15) is 11.1 Å². The van der Waals surface area contributed by atoms with Gasteiger partial charge in [-0.3, -0.25) is 4.79 Å². The predicted molar refractivity (Wildman–Crippen MR) is 96.1 cm³/mol. The lowest BCUT2D eigenvalue weighted by Crippen LogP contribution is -2.30. The van der Waals surface area contributed by atoms with Crippen LogP contribution in [0.4, 0.5) is 13.2 Å². The Bertz CT molecular complexity index is 1030. The summed E-state index contributed by atoms with van der Waals surface area (Å²) in [6.07, 6.45) is -4.02. The van der Waals surface area contributed by atoms with E-state index in [1.165, 1.54) is 6.07 Å². The summed E-state index contributed by atoms with van der Waals surface area (Å²) in [6, 6.07) is 13.6. The predicted octanol–water partition coefficient (Wildman–Crippen LogP) is 3.55. The molecule has 1 amide bonds. The van der Waals surface area contributed by atoms with Gasteiger partial charge in [-0.1, -0.05) is 30.3 Å². The van der Waals surface area contributed by atoms with Crippen molar-refractivity contribution < 1.29 is 27.1 Å². The van der Waals surface area contributed by atoms with E-state index in [1.54, 1.807) is 0 Å².